The zero-order valence-electron chi connectivity index (χ0n) is 8.00. The van der Waals surface area contributed by atoms with E-state index >= 15 is 0 Å². The Hall–Kier alpha value is -0.570. The van der Waals surface area contributed by atoms with Crippen molar-refractivity contribution >= 4 is 5.71 Å². The molecule has 1 saturated carbocycles. The van der Waals surface area contributed by atoms with E-state index in [2.05, 4.69) is 5.16 Å². The molecule has 1 aliphatic carbocycles. The molecule has 0 aromatic rings. The summed E-state index contributed by atoms with van der Waals surface area (Å²) in [6.07, 6.45) is 7.85. The molecule has 1 heterocycles. The summed E-state index contributed by atoms with van der Waals surface area (Å²) in [5.41, 5.74) is 1.25. The van der Waals surface area contributed by atoms with E-state index in [0.717, 1.165) is 19.4 Å². The average molecular weight is 183 g/mol. The Labute approximate surface area is 79.1 Å². The third kappa shape index (κ3) is 3.35. The standard InChI is InChI=1S/C10H17NO2/c1-2-4-6-9(5-3-1)11-13-8-10-7-12-10/h10H,1-8H2/t10-/m0/s1. The van der Waals surface area contributed by atoms with Crippen molar-refractivity contribution in [1.29, 1.82) is 0 Å². The molecule has 2 aliphatic rings. The molecule has 2 rings (SSSR count). The highest BCUT2D eigenvalue weighted by Crippen LogP contribution is 2.15. The minimum atomic E-state index is 0.329. The summed E-state index contributed by atoms with van der Waals surface area (Å²) in [6.45, 7) is 1.49. The van der Waals surface area contributed by atoms with Crippen LogP contribution in [0.4, 0.5) is 0 Å². The first-order valence-electron chi connectivity index (χ1n) is 5.24. The Kier molecular flexibility index (Phi) is 3.19. The molecule has 0 N–H and O–H groups in total. The number of ether oxygens (including phenoxy) is 1. The zero-order chi connectivity index (χ0) is 8.93. The van der Waals surface area contributed by atoms with E-state index in [4.69, 9.17) is 9.57 Å². The second-order valence-electron chi connectivity index (χ2n) is 3.82. The van der Waals surface area contributed by atoms with E-state index in [1.165, 1.54) is 31.4 Å². The number of rotatable bonds is 3. The summed E-state index contributed by atoms with van der Waals surface area (Å²) in [7, 11) is 0. The first-order valence-corrected chi connectivity index (χ1v) is 5.24. The van der Waals surface area contributed by atoms with Crippen LogP contribution in [0, 0.1) is 0 Å². The summed E-state index contributed by atoms with van der Waals surface area (Å²) >= 11 is 0. The lowest BCUT2D eigenvalue weighted by atomic mass is 10.2. The summed E-state index contributed by atoms with van der Waals surface area (Å²) in [5, 5.41) is 4.16. The predicted octanol–water partition coefficient (Wildman–Crippen LogP) is 2.11. The largest absolute Gasteiger partial charge is 0.393 e. The van der Waals surface area contributed by atoms with Gasteiger partial charge in [0.05, 0.1) is 12.3 Å². The quantitative estimate of drug-likeness (QED) is 0.381. The van der Waals surface area contributed by atoms with Gasteiger partial charge in [0.2, 0.25) is 0 Å². The molecule has 2 fully saturated rings. The molecule has 1 atom stereocenters. The lowest BCUT2D eigenvalue weighted by Gasteiger charge is -2.00. The van der Waals surface area contributed by atoms with Crippen LogP contribution in [0.2, 0.25) is 0 Å². The van der Waals surface area contributed by atoms with Crippen molar-refractivity contribution in [2.45, 2.75) is 44.6 Å². The molecule has 3 heteroatoms. The molecule has 13 heavy (non-hydrogen) atoms. The van der Waals surface area contributed by atoms with Crippen molar-refractivity contribution in [3.63, 3.8) is 0 Å². The van der Waals surface area contributed by atoms with Gasteiger partial charge in [0.1, 0.15) is 12.7 Å². The zero-order valence-corrected chi connectivity index (χ0v) is 8.00. The molecule has 0 bridgehead atoms. The van der Waals surface area contributed by atoms with E-state index in [1.807, 2.05) is 0 Å². The van der Waals surface area contributed by atoms with Gasteiger partial charge in [-0.05, 0) is 25.7 Å². The van der Waals surface area contributed by atoms with E-state index in [-0.39, 0.29) is 0 Å². The lowest BCUT2D eigenvalue weighted by Crippen LogP contribution is -2.01. The van der Waals surface area contributed by atoms with Crippen LogP contribution in [0.1, 0.15) is 38.5 Å². The van der Waals surface area contributed by atoms with Gasteiger partial charge in [-0.2, -0.15) is 0 Å². The Morgan fingerprint density at radius 3 is 2.54 bits per heavy atom. The van der Waals surface area contributed by atoms with Crippen LogP contribution in [-0.2, 0) is 9.57 Å². The number of nitrogens with zero attached hydrogens (tertiary/aromatic N) is 1. The Morgan fingerprint density at radius 2 is 1.92 bits per heavy atom. The molecule has 0 radical (unpaired) electrons. The van der Waals surface area contributed by atoms with Crippen molar-refractivity contribution in [3.05, 3.63) is 0 Å². The van der Waals surface area contributed by atoms with E-state index in [9.17, 15) is 0 Å². The van der Waals surface area contributed by atoms with E-state index < -0.39 is 0 Å². The minimum Gasteiger partial charge on any atom is -0.393 e. The van der Waals surface area contributed by atoms with E-state index in [0.29, 0.717) is 12.7 Å². The second kappa shape index (κ2) is 4.61. The highest BCUT2D eigenvalue weighted by molar-refractivity contribution is 5.84. The van der Waals surface area contributed by atoms with Gasteiger partial charge in [-0.3, -0.25) is 0 Å². The molecule has 1 aliphatic heterocycles. The van der Waals surface area contributed by atoms with Crippen LogP contribution < -0.4 is 0 Å². The average Bonchev–Trinajstić information content (AvgIpc) is 2.91. The van der Waals surface area contributed by atoms with Gasteiger partial charge < -0.3 is 9.57 Å². The fourth-order valence-electron chi connectivity index (χ4n) is 1.60. The molecule has 0 amide bonds. The second-order valence-corrected chi connectivity index (χ2v) is 3.82. The monoisotopic (exact) mass is 183 g/mol. The molecule has 0 unspecified atom stereocenters. The topological polar surface area (TPSA) is 34.1 Å². The fraction of sp³-hybridized carbons (Fsp3) is 0.900. The van der Waals surface area contributed by atoms with Crippen molar-refractivity contribution in [2.24, 2.45) is 5.16 Å². The Bertz CT molecular complexity index is 177. The van der Waals surface area contributed by atoms with Gasteiger partial charge in [-0.15, -0.1) is 0 Å². The van der Waals surface area contributed by atoms with Crippen LogP contribution in [0.25, 0.3) is 0 Å². The van der Waals surface area contributed by atoms with Gasteiger partial charge >= 0.3 is 0 Å². The number of epoxide rings is 1. The highest BCUT2D eigenvalue weighted by atomic mass is 16.7. The van der Waals surface area contributed by atoms with Crippen molar-refractivity contribution in [1.82, 2.24) is 0 Å². The predicted molar refractivity (Wildman–Crippen MR) is 50.8 cm³/mol. The minimum absolute atomic E-state index is 0.329. The van der Waals surface area contributed by atoms with Crippen molar-refractivity contribution < 1.29 is 9.57 Å². The first-order chi connectivity index (χ1) is 6.45. The van der Waals surface area contributed by atoms with Gasteiger partial charge in [0.15, 0.2) is 0 Å². The number of hydrogen-bond donors (Lipinski definition) is 0. The van der Waals surface area contributed by atoms with Crippen LogP contribution in [-0.4, -0.2) is 25.0 Å². The summed E-state index contributed by atoms with van der Waals surface area (Å²) in [6, 6.07) is 0. The Morgan fingerprint density at radius 1 is 1.23 bits per heavy atom. The normalized spacial score (nSPS) is 28.0. The van der Waals surface area contributed by atoms with Crippen molar-refractivity contribution in [2.75, 3.05) is 13.2 Å². The van der Waals surface area contributed by atoms with Gasteiger partial charge in [-0.1, -0.05) is 18.0 Å². The van der Waals surface area contributed by atoms with Crippen LogP contribution in [0.3, 0.4) is 0 Å². The molecule has 1 saturated heterocycles. The van der Waals surface area contributed by atoms with Gasteiger partial charge in [0.25, 0.3) is 0 Å². The highest BCUT2D eigenvalue weighted by Gasteiger charge is 2.23. The first kappa shape index (κ1) is 9.00. The summed E-state index contributed by atoms with van der Waals surface area (Å²) < 4.78 is 5.03. The summed E-state index contributed by atoms with van der Waals surface area (Å²) in [5.74, 6) is 0. The number of hydrogen-bond acceptors (Lipinski definition) is 3. The SMILES string of the molecule is C1CCCC(=NOC[C@@H]2CO2)CC1. The molecule has 0 spiro atoms. The molecular weight excluding hydrogens is 166 g/mol. The smallest absolute Gasteiger partial charge is 0.145 e. The molecular formula is C10H17NO2. The van der Waals surface area contributed by atoms with Crippen molar-refractivity contribution in [3.8, 4) is 0 Å². The van der Waals surface area contributed by atoms with Gasteiger partial charge in [0, 0.05) is 0 Å². The van der Waals surface area contributed by atoms with Crippen LogP contribution >= 0.6 is 0 Å². The maximum atomic E-state index is 5.22. The molecule has 74 valence electrons. The lowest BCUT2D eigenvalue weighted by molar-refractivity contribution is 0.124. The summed E-state index contributed by atoms with van der Waals surface area (Å²) in [4.78, 5) is 5.22. The van der Waals surface area contributed by atoms with Crippen LogP contribution in [0.5, 0.6) is 0 Å². The molecule has 0 aromatic heterocycles. The fourth-order valence-corrected chi connectivity index (χ4v) is 1.60. The Balaban J connectivity index is 1.68. The van der Waals surface area contributed by atoms with E-state index in [1.54, 1.807) is 0 Å². The maximum Gasteiger partial charge on any atom is 0.145 e. The third-order valence-corrected chi connectivity index (χ3v) is 2.54. The third-order valence-electron chi connectivity index (χ3n) is 2.54. The van der Waals surface area contributed by atoms with Gasteiger partial charge in [-0.25, -0.2) is 0 Å². The molecule has 3 nitrogen and oxygen atoms in total. The molecule has 0 aromatic carbocycles. The van der Waals surface area contributed by atoms with Crippen LogP contribution in [0.15, 0.2) is 5.16 Å². The maximum absolute atomic E-state index is 5.22. The number of oxime groups is 1.